The summed E-state index contributed by atoms with van der Waals surface area (Å²) in [7, 11) is -4.38. The molecule has 7 atom stereocenters. The van der Waals surface area contributed by atoms with Gasteiger partial charge in [0.1, 0.15) is 4.90 Å². The van der Waals surface area contributed by atoms with Crippen LogP contribution in [0.4, 0.5) is 0 Å². The Hall–Kier alpha value is -1.39. The minimum Gasteiger partial charge on any atom is -0.282 e. The average molecular weight is 563 g/mol. The van der Waals surface area contributed by atoms with Crippen LogP contribution in [-0.2, 0) is 20.9 Å². The van der Waals surface area contributed by atoms with Gasteiger partial charge < -0.3 is 0 Å². The van der Waals surface area contributed by atoms with Crippen LogP contribution in [0.2, 0.25) is 0 Å². The molecule has 4 saturated carbocycles. The Bertz CT molecular complexity index is 1340. The second-order valence-corrected chi connectivity index (χ2v) is 17.2. The highest BCUT2D eigenvalue weighted by atomic mass is 32.2. The normalized spacial score (nSPS) is 41.2. The number of hydrogen-bond donors (Lipinski definition) is 1. The van der Waals surface area contributed by atoms with E-state index >= 15 is 0 Å². The molecular formula is C36H50O3S. The topological polar surface area (TPSA) is 54.4 Å². The first kappa shape index (κ1) is 27.4. The maximum absolute atomic E-state index is 13.6. The van der Waals surface area contributed by atoms with Crippen LogP contribution in [0, 0.1) is 29.6 Å². The van der Waals surface area contributed by atoms with Gasteiger partial charge in [-0.25, -0.2) is 0 Å². The van der Waals surface area contributed by atoms with E-state index in [4.69, 9.17) is 0 Å². The molecule has 0 saturated heterocycles. The average Bonchev–Trinajstić information content (AvgIpc) is 2.86. The zero-order chi connectivity index (χ0) is 27.9. The smallest absolute Gasteiger partial charge is 0.282 e. The predicted molar refractivity (Wildman–Crippen MR) is 162 cm³/mol. The predicted octanol–water partition coefficient (Wildman–Crippen LogP) is 9.42. The van der Waals surface area contributed by atoms with Crippen LogP contribution in [0.5, 0.6) is 0 Å². The van der Waals surface area contributed by atoms with E-state index < -0.39 is 10.1 Å². The summed E-state index contributed by atoms with van der Waals surface area (Å²) in [5.74, 6) is 3.45. The number of rotatable bonds is 4. The van der Waals surface area contributed by atoms with Gasteiger partial charge in [0, 0.05) is 5.41 Å². The Morgan fingerprint density at radius 1 is 0.850 bits per heavy atom. The summed E-state index contributed by atoms with van der Waals surface area (Å²) in [4.78, 5) is 0.310. The molecule has 40 heavy (non-hydrogen) atoms. The zero-order valence-corrected chi connectivity index (χ0v) is 25.9. The van der Waals surface area contributed by atoms with Crippen molar-refractivity contribution in [2.45, 2.75) is 139 Å². The fourth-order valence-corrected chi connectivity index (χ4v) is 12.3. The summed E-state index contributed by atoms with van der Waals surface area (Å²) in [5.41, 5.74) is 6.23. The SMILES string of the molecule is CC1C=C2CC(C1)CC(c1cc(C3(C)CC4CCCC(C4)C3)cc(C34CCCC(=CC(C)C3)C4)c1S(=O)(=O)O)C2. The first-order valence-electron chi connectivity index (χ1n) is 16.6. The van der Waals surface area contributed by atoms with Crippen molar-refractivity contribution in [3.05, 3.63) is 52.1 Å². The highest BCUT2D eigenvalue weighted by molar-refractivity contribution is 7.86. The summed E-state index contributed by atoms with van der Waals surface area (Å²) in [5, 5.41) is 0. The molecule has 1 N–H and O–H groups in total. The third-order valence-electron chi connectivity index (χ3n) is 12.3. The fourth-order valence-electron chi connectivity index (χ4n) is 11.2. The van der Waals surface area contributed by atoms with Crippen molar-refractivity contribution in [3.8, 4) is 0 Å². The minimum absolute atomic E-state index is 0.0812. The monoisotopic (exact) mass is 562 g/mol. The van der Waals surface area contributed by atoms with Gasteiger partial charge in [-0.15, -0.1) is 0 Å². The molecule has 0 spiro atoms. The van der Waals surface area contributed by atoms with Crippen molar-refractivity contribution in [3.63, 3.8) is 0 Å². The van der Waals surface area contributed by atoms with E-state index in [1.54, 1.807) is 0 Å². The molecular weight excluding hydrogens is 512 g/mol. The molecule has 0 aromatic heterocycles. The van der Waals surface area contributed by atoms with Crippen LogP contribution < -0.4 is 0 Å². The number of allylic oxidation sites excluding steroid dienone is 4. The zero-order valence-electron chi connectivity index (χ0n) is 25.1. The van der Waals surface area contributed by atoms with Crippen molar-refractivity contribution in [2.24, 2.45) is 29.6 Å². The summed E-state index contributed by atoms with van der Waals surface area (Å²) < 4.78 is 38.2. The fraction of sp³-hybridized carbons (Fsp3) is 0.722. The molecule has 1 aromatic rings. The van der Waals surface area contributed by atoms with Gasteiger partial charge in [-0.3, -0.25) is 4.55 Å². The lowest BCUT2D eigenvalue weighted by atomic mass is 9.57. The van der Waals surface area contributed by atoms with E-state index in [-0.39, 0.29) is 16.7 Å². The molecule has 218 valence electrons. The van der Waals surface area contributed by atoms with Gasteiger partial charge >= 0.3 is 0 Å². The molecule has 0 amide bonds. The molecule has 7 unspecified atom stereocenters. The van der Waals surface area contributed by atoms with E-state index in [1.165, 1.54) is 68.1 Å². The van der Waals surface area contributed by atoms with Crippen LogP contribution in [0.15, 0.2) is 40.3 Å². The lowest BCUT2D eigenvalue weighted by Crippen LogP contribution is -2.39. The van der Waals surface area contributed by atoms with E-state index in [9.17, 15) is 13.0 Å². The lowest BCUT2D eigenvalue weighted by Gasteiger charge is -2.48. The van der Waals surface area contributed by atoms with Crippen molar-refractivity contribution < 1.29 is 13.0 Å². The van der Waals surface area contributed by atoms with Gasteiger partial charge in [-0.05, 0) is 135 Å². The molecule has 4 heteroatoms. The van der Waals surface area contributed by atoms with Crippen LogP contribution >= 0.6 is 0 Å². The number of benzene rings is 1. The Labute approximate surface area is 243 Å². The Balaban J connectivity index is 1.43. The van der Waals surface area contributed by atoms with Crippen molar-refractivity contribution >= 4 is 10.1 Å². The Morgan fingerprint density at radius 3 is 2.33 bits per heavy atom. The van der Waals surface area contributed by atoms with Crippen molar-refractivity contribution in [2.75, 3.05) is 0 Å². The van der Waals surface area contributed by atoms with E-state index in [0.717, 1.165) is 67.9 Å². The van der Waals surface area contributed by atoms with E-state index in [0.29, 0.717) is 22.6 Å². The molecule has 6 aliphatic rings. The van der Waals surface area contributed by atoms with Gasteiger partial charge in [0.2, 0.25) is 0 Å². The van der Waals surface area contributed by atoms with Gasteiger partial charge in [0.05, 0.1) is 0 Å². The maximum Gasteiger partial charge on any atom is 0.295 e. The maximum atomic E-state index is 13.6. The lowest BCUT2D eigenvalue weighted by molar-refractivity contribution is 0.120. The van der Waals surface area contributed by atoms with E-state index in [2.05, 4.69) is 45.1 Å². The third-order valence-corrected chi connectivity index (χ3v) is 13.3. The highest BCUT2D eigenvalue weighted by Crippen LogP contribution is 2.56. The Morgan fingerprint density at radius 2 is 1.60 bits per heavy atom. The van der Waals surface area contributed by atoms with Crippen LogP contribution in [0.3, 0.4) is 0 Å². The largest absolute Gasteiger partial charge is 0.295 e. The molecule has 0 aliphatic heterocycles. The standard InChI is InChI=1S/C36H50O3S/c1-23-10-28-14-29(11-23)16-30(15-28)32-17-31(35(3)20-26-6-4-7-27(13-26)21-35)18-33(34(32)40(37,38)39)36-9-5-8-25(22-36)12-24(2)19-36/h10,12,17-18,23-24,26-27,29-30H,4-9,11,13-16,19-22H2,1-3H3,(H,37,38,39). The van der Waals surface area contributed by atoms with Crippen molar-refractivity contribution in [1.82, 2.24) is 0 Å². The molecule has 7 rings (SSSR count). The molecule has 0 heterocycles. The minimum atomic E-state index is -4.38. The van der Waals surface area contributed by atoms with E-state index in [1.807, 2.05) is 0 Å². The highest BCUT2D eigenvalue weighted by Gasteiger charge is 2.47. The Kier molecular flexibility index (Phi) is 6.74. The molecule has 6 bridgehead atoms. The third kappa shape index (κ3) is 4.87. The van der Waals surface area contributed by atoms with Gasteiger partial charge in [0.25, 0.3) is 10.1 Å². The first-order chi connectivity index (χ1) is 19.0. The van der Waals surface area contributed by atoms with Crippen molar-refractivity contribution in [1.29, 1.82) is 0 Å². The molecule has 4 fully saturated rings. The molecule has 3 nitrogen and oxygen atoms in total. The molecule has 6 aliphatic carbocycles. The number of hydrogen-bond acceptors (Lipinski definition) is 2. The summed E-state index contributed by atoms with van der Waals surface area (Å²) in [6.07, 6.45) is 22.4. The number of fused-ring (bicyclic) bond motifs is 6. The van der Waals surface area contributed by atoms with Gasteiger partial charge in [-0.1, -0.05) is 75.5 Å². The van der Waals surface area contributed by atoms with Gasteiger partial charge in [0.15, 0.2) is 0 Å². The summed E-state index contributed by atoms with van der Waals surface area (Å²) >= 11 is 0. The summed E-state index contributed by atoms with van der Waals surface area (Å²) in [6.45, 7) is 7.12. The van der Waals surface area contributed by atoms with Gasteiger partial charge in [-0.2, -0.15) is 8.42 Å². The quantitative estimate of drug-likeness (QED) is 0.294. The second-order valence-electron chi connectivity index (χ2n) is 15.8. The van der Waals surface area contributed by atoms with Crippen LogP contribution in [0.1, 0.15) is 140 Å². The first-order valence-corrected chi connectivity index (χ1v) is 18.0. The molecule has 1 aromatic carbocycles. The second kappa shape index (κ2) is 9.83. The molecule has 0 radical (unpaired) electrons. The summed E-state index contributed by atoms with van der Waals surface area (Å²) in [6, 6.07) is 4.64. The van der Waals surface area contributed by atoms with Crippen LogP contribution in [-0.4, -0.2) is 13.0 Å². The van der Waals surface area contributed by atoms with Crippen LogP contribution in [0.25, 0.3) is 0 Å².